The zero-order valence-electron chi connectivity index (χ0n) is 14.0. The minimum atomic E-state index is -1.08. The molecule has 0 saturated heterocycles. The van der Waals surface area contributed by atoms with E-state index in [4.69, 9.17) is 9.47 Å². The van der Waals surface area contributed by atoms with Crippen LogP contribution in [0.3, 0.4) is 0 Å². The van der Waals surface area contributed by atoms with E-state index in [1.165, 1.54) is 6.07 Å². The Balaban J connectivity index is 2.04. The maximum atomic E-state index is 13.9. The van der Waals surface area contributed by atoms with E-state index >= 15 is 0 Å². The van der Waals surface area contributed by atoms with Gasteiger partial charge in [0.15, 0.2) is 11.6 Å². The molecule has 4 nitrogen and oxygen atoms in total. The van der Waals surface area contributed by atoms with Gasteiger partial charge in [-0.1, -0.05) is 19.6 Å². The monoisotopic (exact) mass is 324 g/mol. The molecule has 1 heterocycles. The predicted molar refractivity (Wildman–Crippen MR) is 89.6 cm³/mol. The van der Waals surface area contributed by atoms with Gasteiger partial charge in [-0.15, -0.1) is 0 Å². The first-order chi connectivity index (χ1) is 10.2. The summed E-state index contributed by atoms with van der Waals surface area (Å²) in [4.78, 5) is 0. The molecule has 1 aromatic heterocycles. The van der Waals surface area contributed by atoms with Gasteiger partial charge in [-0.3, -0.25) is 0 Å². The lowest BCUT2D eigenvalue weighted by Crippen LogP contribution is -2.22. The second kappa shape index (κ2) is 6.79. The lowest BCUT2D eigenvalue weighted by molar-refractivity contribution is 0.0791. The van der Waals surface area contributed by atoms with Crippen LogP contribution in [0.25, 0.3) is 10.9 Å². The van der Waals surface area contributed by atoms with Gasteiger partial charge in [0.1, 0.15) is 6.73 Å². The van der Waals surface area contributed by atoms with Gasteiger partial charge >= 0.3 is 0 Å². The average molecular weight is 324 g/mol. The van der Waals surface area contributed by atoms with Crippen LogP contribution in [-0.2, 0) is 11.5 Å². The molecule has 0 bridgehead atoms. The molecule has 0 unspecified atom stereocenters. The van der Waals surface area contributed by atoms with Crippen molar-refractivity contribution in [3.8, 4) is 5.75 Å². The van der Waals surface area contributed by atoms with Crippen molar-refractivity contribution in [2.75, 3.05) is 6.61 Å². The topological polar surface area (TPSA) is 36.3 Å². The fraction of sp³-hybridized carbons (Fsp3) is 0.562. The van der Waals surface area contributed by atoms with E-state index in [1.54, 1.807) is 10.7 Å². The van der Waals surface area contributed by atoms with E-state index in [0.717, 1.165) is 18.0 Å². The standard InChI is InChI=1S/C16H25FN2O2Si/c1-12(2)21-16-8-13-10-19(18-15(13)9-14(16)17)11-20-6-7-22(3,4)5/h8-10,12H,6-7,11H2,1-5H3. The number of nitrogens with zero attached hydrogens (tertiary/aromatic N) is 2. The third-order valence-electron chi connectivity index (χ3n) is 3.19. The SMILES string of the molecule is CC(C)Oc1cc2cn(COCC[Si](C)(C)C)nc2cc1F. The molecule has 2 aromatic rings. The Kier molecular flexibility index (Phi) is 5.23. The van der Waals surface area contributed by atoms with Gasteiger partial charge in [-0.25, -0.2) is 9.07 Å². The summed E-state index contributed by atoms with van der Waals surface area (Å²) >= 11 is 0. The Morgan fingerprint density at radius 3 is 2.64 bits per heavy atom. The molecule has 0 N–H and O–H groups in total. The molecular formula is C16H25FN2O2Si. The first kappa shape index (κ1) is 17.0. The Morgan fingerprint density at radius 2 is 2.00 bits per heavy atom. The van der Waals surface area contributed by atoms with E-state index in [9.17, 15) is 4.39 Å². The zero-order chi connectivity index (χ0) is 16.3. The molecule has 122 valence electrons. The van der Waals surface area contributed by atoms with E-state index < -0.39 is 8.07 Å². The van der Waals surface area contributed by atoms with Crippen molar-refractivity contribution in [2.45, 2.75) is 52.4 Å². The highest BCUT2D eigenvalue weighted by atomic mass is 28.3. The highest BCUT2D eigenvalue weighted by Gasteiger charge is 2.13. The smallest absolute Gasteiger partial charge is 0.167 e. The molecule has 0 aliphatic rings. The molecular weight excluding hydrogens is 299 g/mol. The predicted octanol–water partition coefficient (Wildman–Crippen LogP) is 4.27. The maximum Gasteiger partial charge on any atom is 0.167 e. The van der Waals surface area contributed by atoms with Crippen molar-refractivity contribution < 1.29 is 13.9 Å². The van der Waals surface area contributed by atoms with Crippen LogP contribution in [0.15, 0.2) is 18.3 Å². The third kappa shape index (κ3) is 4.81. The molecule has 2 rings (SSSR count). The number of rotatable bonds is 7. The van der Waals surface area contributed by atoms with Crippen LogP contribution < -0.4 is 4.74 Å². The van der Waals surface area contributed by atoms with Crippen molar-refractivity contribution in [3.63, 3.8) is 0 Å². The minimum absolute atomic E-state index is 0.0631. The Labute approximate surface area is 132 Å². The molecule has 0 spiro atoms. The van der Waals surface area contributed by atoms with Gasteiger partial charge in [0, 0.05) is 32.3 Å². The number of fused-ring (bicyclic) bond motifs is 1. The molecule has 1 aromatic carbocycles. The molecule has 0 aliphatic heterocycles. The molecule has 22 heavy (non-hydrogen) atoms. The fourth-order valence-electron chi connectivity index (χ4n) is 2.02. The lowest BCUT2D eigenvalue weighted by atomic mass is 10.2. The summed E-state index contributed by atoms with van der Waals surface area (Å²) in [6.45, 7) is 11.8. The van der Waals surface area contributed by atoms with Gasteiger partial charge in [0.05, 0.1) is 11.6 Å². The maximum absolute atomic E-state index is 13.9. The highest BCUT2D eigenvalue weighted by Crippen LogP contribution is 2.25. The minimum Gasteiger partial charge on any atom is -0.488 e. The van der Waals surface area contributed by atoms with Crippen LogP contribution in [0.1, 0.15) is 13.8 Å². The molecule has 0 atom stereocenters. The number of aromatic nitrogens is 2. The zero-order valence-corrected chi connectivity index (χ0v) is 15.0. The second-order valence-electron chi connectivity index (χ2n) is 7.02. The van der Waals surface area contributed by atoms with Gasteiger partial charge in [0.2, 0.25) is 0 Å². The summed E-state index contributed by atoms with van der Waals surface area (Å²) in [6, 6.07) is 4.22. The Hall–Kier alpha value is -1.40. The fourth-order valence-corrected chi connectivity index (χ4v) is 2.78. The summed E-state index contributed by atoms with van der Waals surface area (Å²) < 4.78 is 26.7. The Bertz CT molecular complexity index is 635. The van der Waals surface area contributed by atoms with Gasteiger partial charge in [-0.05, 0) is 26.0 Å². The summed E-state index contributed by atoms with van der Waals surface area (Å²) in [5, 5.41) is 5.19. The van der Waals surface area contributed by atoms with E-state index in [-0.39, 0.29) is 17.7 Å². The van der Waals surface area contributed by atoms with Crippen molar-refractivity contribution in [3.05, 3.63) is 24.1 Å². The first-order valence-corrected chi connectivity index (χ1v) is 11.4. The summed E-state index contributed by atoms with van der Waals surface area (Å²) in [5.74, 6) is -0.118. The Morgan fingerprint density at radius 1 is 1.27 bits per heavy atom. The lowest BCUT2D eigenvalue weighted by Gasteiger charge is -2.15. The van der Waals surface area contributed by atoms with Gasteiger partial charge in [-0.2, -0.15) is 5.10 Å². The number of benzene rings is 1. The van der Waals surface area contributed by atoms with E-state index in [0.29, 0.717) is 12.2 Å². The van der Waals surface area contributed by atoms with E-state index in [2.05, 4.69) is 24.7 Å². The van der Waals surface area contributed by atoms with Crippen LogP contribution in [0, 0.1) is 5.82 Å². The summed E-state index contributed by atoms with van der Waals surface area (Å²) in [6.07, 6.45) is 1.79. The van der Waals surface area contributed by atoms with Crippen LogP contribution in [0.5, 0.6) is 5.75 Å². The van der Waals surface area contributed by atoms with Crippen molar-refractivity contribution >= 4 is 19.0 Å². The van der Waals surface area contributed by atoms with Crippen molar-refractivity contribution in [1.82, 2.24) is 9.78 Å². The van der Waals surface area contributed by atoms with Crippen molar-refractivity contribution in [2.24, 2.45) is 0 Å². The third-order valence-corrected chi connectivity index (χ3v) is 4.89. The molecule has 0 aliphatic carbocycles. The molecule has 0 saturated carbocycles. The molecule has 6 heteroatoms. The quantitative estimate of drug-likeness (QED) is 0.563. The second-order valence-corrected chi connectivity index (χ2v) is 12.6. The summed E-state index contributed by atoms with van der Waals surface area (Å²) in [7, 11) is -1.08. The van der Waals surface area contributed by atoms with Crippen molar-refractivity contribution in [1.29, 1.82) is 0 Å². The number of hydrogen-bond donors (Lipinski definition) is 0. The summed E-state index contributed by atoms with van der Waals surface area (Å²) in [5.41, 5.74) is 0.613. The van der Waals surface area contributed by atoms with Gasteiger partial charge in [0.25, 0.3) is 0 Å². The van der Waals surface area contributed by atoms with Crippen LogP contribution >= 0.6 is 0 Å². The number of ether oxygens (including phenoxy) is 2. The molecule has 0 amide bonds. The van der Waals surface area contributed by atoms with Crippen LogP contribution in [0.4, 0.5) is 4.39 Å². The number of hydrogen-bond acceptors (Lipinski definition) is 3. The van der Waals surface area contributed by atoms with Gasteiger partial charge < -0.3 is 9.47 Å². The highest BCUT2D eigenvalue weighted by molar-refractivity contribution is 6.76. The first-order valence-electron chi connectivity index (χ1n) is 7.66. The number of halogens is 1. The van der Waals surface area contributed by atoms with Crippen LogP contribution in [0.2, 0.25) is 25.7 Å². The van der Waals surface area contributed by atoms with E-state index in [1.807, 2.05) is 20.0 Å². The normalized spacial score (nSPS) is 12.3. The molecule has 0 fully saturated rings. The van der Waals surface area contributed by atoms with Crippen LogP contribution in [-0.4, -0.2) is 30.6 Å². The average Bonchev–Trinajstić information content (AvgIpc) is 2.75. The largest absolute Gasteiger partial charge is 0.488 e. The molecule has 0 radical (unpaired) electrons.